The average Bonchev–Trinajstić information content (AvgIpc) is 3.18. The molecule has 1 atom stereocenters. The van der Waals surface area contributed by atoms with Gasteiger partial charge in [-0.2, -0.15) is 0 Å². The van der Waals surface area contributed by atoms with Gasteiger partial charge < -0.3 is 10.0 Å². The van der Waals surface area contributed by atoms with Crippen molar-refractivity contribution in [3.05, 3.63) is 35.8 Å². The topological polar surface area (TPSA) is 90.8 Å². The third-order valence-corrected chi connectivity index (χ3v) is 6.40. The van der Waals surface area contributed by atoms with Crippen LogP contribution in [-0.4, -0.2) is 44.1 Å². The molecule has 1 aromatic heterocycles. The molecule has 1 N–H and O–H groups in total. The van der Waals surface area contributed by atoms with Crippen LogP contribution in [0.3, 0.4) is 0 Å². The number of aliphatic hydroxyl groups excluding tert-OH is 1. The minimum atomic E-state index is -3.70. The molecule has 23 heavy (non-hydrogen) atoms. The van der Waals surface area contributed by atoms with Crippen molar-refractivity contribution in [2.24, 2.45) is 0 Å². The zero-order valence-corrected chi connectivity index (χ0v) is 13.9. The molecule has 1 unspecified atom stereocenters. The fourth-order valence-electron chi connectivity index (χ4n) is 2.35. The lowest BCUT2D eigenvalue weighted by Crippen LogP contribution is -2.29. The third-order valence-electron chi connectivity index (χ3n) is 3.67. The Kier molecular flexibility index (Phi) is 4.09. The van der Waals surface area contributed by atoms with E-state index in [1.54, 1.807) is 23.7 Å². The number of rotatable bonds is 4. The minimum absolute atomic E-state index is 0.117. The first kappa shape index (κ1) is 15.9. The van der Waals surface area contributed by atoms with Crippen molar-refractivity contribution >= 4 is 38.1 Å². The second-order valence-electron chi connectivity index (χ2n) is 5.08. The van der Waals surface area contributed by atoms with Crippen LogP contribution in [0.15, 0.2) is 40.7 Å². The number of sulfonamides is 1. The summed E-state index contributed by atoms with van der Waals surface area (Å²) in [6, 6.07) is 6.04. The highest BCUT2D eigenvalue weighted by molar-refractivity contribution is 7.93. The SMILES string of the molecule is CN(c1nccs1)S(=O)(=O)c1ccc(N2CCC(O)C2=O)cc1. The van der Waals surface area contributed by atoms with Crippen LogP contribution in [0.25, 0.3) is 0 Å². The molecule has 0 radical (unpaired) electrons. The first-order valence-corrected chi connectivity index (χ1v) is 9.21. The summed E-state index contributed by atoms with van der Waals surface area (Å²) >= 11 is 1.23. The van der Waals surface area contributed by atoms with E-state index in [1.807, 2.05) is 0 Å². The van der Waals surface area contributed by atoms with E-state index in [-0.39, 0.29) is 10.8 Å². The number of nitrogens with zero attached hydrogens (tertiary/aromatic N) is 3. The first-order chi connectivity index (χ1) is 10.9. The Morgan fingerprint density at radius 1 is 1.35 bits per heavy atom. The van der Waals surface area contributed by atoms with Gasteiger partial charge in [-0.15, -0.1) is 11.3 Å². The number of thiazole rings is 1. The van der Waals surface area contributed by atoms with Crippen LogP contribution in [-0.2, 0) is 14.8 Å². The van der Waals surface area contributed by atoms with Crippen LogP contribution in [0.4, 0.5) is 10.8 Å². The summed E-state index contributed by atoms with van der Waals surface area (Å²) in [5.41, 5.74) is 0.572. The first-order valence-electron chi connectivity index (χ1n) is 6.89. The molecule has 122 valence electrons. The highest BCUT2D eigenvalue weighted by Gasteiger charge is 2.31. The van der Waals surface area contributed by atoms with E-state index < -0.39 is 16.1 Å². The standard InChI is InChI=1S/C14H15N3O4S2/c1-16(14-15-7-9-22-14)23(20,21)11-4-2-10(3-5-11)17-8-6-12(18)13(17)19/h2-5,7,9,12,18H,6,8H2,1H3. The summed E-state index contributed by atoms with van der Waals surface area (Å²) in [6.07, 6.45) is 0.944. The van der Waals surface area contributed by atoms with Crippen LogP contribution in [0.5, 0.6) is 0 Å². The van der Waals surface area contributed by atoms with Crippen molar-refractivity contribution in [2.45, 2.75) is 17.4 Å². The number of carbonyl (C=O) groups excluding carboxylic acids is 1. The van der Waals surface area contributed by atoms with Crippen LogP contribution in [0.2, 0.25) is 0 Å². The van der Waals surface area contributed by atoms with Crippen molar-refractivity contribution in [2.75, 3.05) is 22.8 Å². The van der Waals surface area contributed by atoms with Gasteiger partial charge in [0.15, 0.2) is 5.13 Å². The number of hydrogen-bond acceptors (Lipinski definition) is 6. The monoisotopic (exact) mass is 353 g/mol. The van der Waals surface area contributed by atoms with Crippen molar-refractivity contribution in [1.29, 1.82) is 0 Å². The van der Waals surface area contributed by atoms with E-state index in [2.05, 4.69) is 4.98 Å². The molecule has 1 aromatic carbocycles. The van der Waals surface area contributed by atoms with Crippen LogP contribution < -0.4 is 9.21 Å². The van der Waals surface area contributed by atoms with Crippen LogP contribution in [0, 0.1) is 0 Å². The maximum Gasteiger partial charge on any atom is 0.265 e. The fourth-order valence-corrected chi connectivity index (χ4v) is 4.34. The summed E-state index contributed by atoms with van der Waals surface area (Å²) in [5, 5.41) is 11.6. The molecule has 9 heteroatoms. The number of aromatic nitrogens is 1. The smallest absolute Gasteiger partial charge is 0.265 e. The summed E-state index contributed by atoms with van der Waals surface area (Å²) in [5.74, 6) is -0.361. The molecule has 2 aromatic rings. The summed E-state index contributed by atoms with van der Waals surface area (Å²) < 4.78 is 26.2. The highest BCUT2D eigenvalue weighted by atomic mass is 32.2. The van der Waals surface area contributed by atoms with Gasteiger partial charge in [0.05, 0.1) is 4.90 Å². The number of aliphatic hydroxyl groups is 1. The predicted octanol–water partition coefficient (Wildman–Crippen LogP) is 1.07. The van der Waals surface area contributed by atoms with Gasteiger partial charge in [0.2, 0.25) is 0 Å². The molecule has 0 aliphatic carbocycles. The quantitative estimate of drug-likeness (QED) is 0.888. The largest absolute Gasteiger partial charge is 0.383 e. The summed E-state index contributed by atoms with van der Waals surface area (Å²) in [7, 11) is -2.25. The highest BCUT2D eigenvalue weighted by Crippen LogP contribution is 2.27. The number of anilines is 2. The fraction of sp³-hybridized carbons (Fsp3) is 0.286. The average molecular weight is 353 g/mol. The maximum atomic E-state index is 12.6. The van der Waals surface area contributed by atoms with Crippen LogP contribution in [0.1, 0.15) is 6.42 Å². The molecule has 2 heterocycles. The van der Waals surface area contributed by atoms with E-state index in [0.29, 0.717) is 23.8 Å². The summed E-state index contributed by atoms with van der Waals surface area (Å²) in [4.78, 5) is 17.4. The van der Waals surface area contributed by atoms with E-state index >= 15 is 0 Å². The predicted molar refractivity (Wildman–Crippen MR) is 87.1 cm³/mol. The summed E-state index contributed by atoms with van der Waals surface area (Å²) in [6.45, 7) is 0.422. The number of hydrogen-bond donors (Lipinski definition) is 1. The third kappa shape index (κ3) is 2.82. The Balaban J connectivity index is 1.86. The Labute approximate surface area is 137 Å². The van der Waals surface area contributed by atoms with Gasteiger partial charge in [-0.25, -0.2) is 17.7 Å². The van der Waals surface area contributed by atoms with E-state index in [9.17, 15) is 18.3 Å². The lowest BCUT2D eigenvalue weighted by atomic mass is 10.3. The number of benzene rings is 1. The zero-order valence-electron chi connectivity index (χ0n) is 12.3. The van der Waals surface area contributed by atoms with Crippen molar-refractivity contribution < 1.29 is 18.3 Å². The van der Waals surface area contributed by atoms with Gasteiger partial charge in [-0.05, 0) is 24.3 Å². The van der Waals surface area contributed by atoms with E-state index in [4.69, 9.17) is 0 Å². The second-order valence-corrected chi connectivity index (χ2v) is 7.92. The molecular weight excluding hydrogens is 338 g/mol. The normalized spacial score (nSPS) is 18.4. The van der Waals surface area contributed by atoms with Gasteiger partial charge >= 0.3 is 0 Å². The van der Waals surface area contributed by atoms with Crippen molar-refractivity contribution in [1.82, 2.24) is 4.98 Å². The van der Waals surface area contributed by atoms with E-state index in [0.717, 1.165) is 4.31 Å². The molecule has 0 saturated carbocycles. The Bertz CT molecular complexity index is 803. The molecular formula is C14H15N3O4S2. The molecule has 1 fully saturated rings. The molecule has 7 nitrogen and oxygen atoms in total. The maximum absolute atomic E-state index is 12.6. The van der Waals surface area contributed by atoms with Crippen molar-refractivity contribution in [3.63, 3.8) is 0 Å². The molecule has 1 aliphatic rings. The van der Waals surface area contributed by atoms with E-state index in [1.165, 1.54) is 35.4 Å². The van der Waals surface area contributed by atoms with Gasteiger partial charge in [0.25, 0.3) is 15.9 Å². The molecule has 3 rings (SSSR count). The molecule has 1 saturated heterocycles. The minimum Gasteiger partial charge on any atom is -0.383 e. The van der Waals surface area contributed by atoms with Crippen molar-refractivity contribution in [3.8, 4) is 0 Å². The van der Waals surface area contributed by atoms with Crippen LogP contribution >= 0.6 is 11.3 Å². The molecule has 0 spiro atoms. The zero-order chi connectivity index (χ0) is 16.6. The molecule has 1 amide bonds. The Morgan fingerprint density at radius 3 is 2.57 bits per heavy atom. The Morgan fingerprint density at radius 2 is 2.04 bits per heavy atom. The lowest BCUT2D eigenvalue weighted by molar-refractivity contribution is -0.123. The number of amides is 1. The Hall–Kier alpha value is -1.97. The molecule has 1 aliphatic heterocycles. The van der Waals surface area contributed by atoms with Gasteiger partial charge in [-0.3, -0.25) is 4.79 Å². The van der Waals surface area contributed by atoms with Gasteiger partial charge in [-0.1, -0.05) is 0 Å². The van der Waals surface area contributed by atoms with Gasteiger partial charge in [0.1, 0.15) is 6.10 Å². The lowest BCUT2D eigenvalue weighted by Gasteiger charge is -2.18. The van der Waals surface area contributed by atoms with Gasteiger partial charge in [0, 0.05) is 37.3 Å². The molecule has 0 bridgehead atoms. The number of carbonyl (C=O) groups is 1. The second kappa shape index (κ2) is 5.91.